The van der Waals surface area contributed by atoms with Gasteiger partial charge in [-0.1, -0.05) is 69.3 Å². The summed E-state index contributed by atoms with van der Waals surface area (Å²) in [4.78, 5) is 71.4. The molecule has 63 heavy (non-hydrogen) atoms. The number of piperidine rings is 1. The molecule has 1 aliphatic heterocycles. The highest BCUT2D eigenvalue weighted by Crippen LogP contribution is 2.50. The lowest BCUT2D eigenvalue weighted by Crippen LogP contribution is -2.54. The van der Waals surface area contributed by atoms with Crippen molar-refractivity contribution in [1.29, 1.82) is 0 Å². The third-order valence-electron chi connectivity index (χ3n) is 12.8. The van der Waals surface area contributed by atoms with E-state index in [0.717, 1.165) is 86.7 Å². The first-order valence-corrected chi connectivity index (χ1v) is 21.9. The van der Waals surface area contributed by atoms with Gasteiger partial charge in [0.15, 0.2) is 0 Å². The first-order valence-electron chi connectivity index (χ1n) is 21.9. The van der Waals surface area contributed by atoms with Crippen LogP contribution in [-0.4, -0.2) is 92.6 Å². The van der Waals surface area contributed by atoms with Gasteiger partial charge in [-0.3, -0.25) is 9.59 Å². The maximum atomic E-state index is 14.0. The number of ether oxygens (including phenoxy) is 2. The van der Waals surface area contributed by atoms with E-state index in [4.69, 9.17) is 9.72 Å². The van der Waals surface area contributed by atoms with Crippen LogP contribution in [0.4, 0.5) is 9.59 Å². The number of aromatic amines is 2. The zero-order valence-corrected chi connectivity index (χ0v) is 36.9. The molecule has 2 aliphatic rings. The van der Waals surface area contributed by atoms with E-state index in [2.05, 4.69) is 103 Å². The lowest BCUT2D eigenvalue weighted by molar-refractivity contribution is -0.139. The van der Waals surface area contributed by atoms with Crippen LogP contribution in [0, 0.1) is 11.8 Å². The smallest absolute Gasteiger partial charge is 0.407 e. The van der Waals surface area contributed by atoms with Crippen LogP contribution in [0.3, 0.4) is 0 Å². The fourth-order valence-electron chi connectivity index (χ4n) is 9.46. The van der Waals surface area contributed by atoms with Crippen molar-refractivity contribution in [2.75, 3.05) is 20.8 Å². The van der Waals surface area contributed by atoms with Crippen LogP contribution in [0.15, 0.2) is 85.2 Å². The molecular weight excluding hydrogens is 797 g/mol. The lowest BCUT2D eigenvalue weighted by Gasteiger charge is -2.37. The van der Waals surface area contributed by atoms with Crippen molar-refractivity contribution >= 4 is 45.5 Å². The Labute approximate surface area is 367 Å². The SMILES string of the molecule is CCCN(C(=O)C(C)NC(=O)OC)C(C)c1ncc(-c2ccc3cc(-c4ccc5cc(-c6cnc(C7C8CCC(C8)N7C(=O)C(NC(=O)OC)C(C)C)[nH]6)ccc5c4)ccc3c2)[nH]1. The predicted molar refractivity (Wildman–Crippen MR) is 242 cm³/mol. The normalized spacial score (nSPS) is 18.3. The number of methoxy groups -OCH3 is 2. The molecule has 2 bridgehead atoms. The number of benzene rings is 4. The Balaban J connectivity index is 0.971. The van der Waals surface area contributed by atoms with Gasteiger partial charge in [-0.05, 0) is 108 Å². The minimum atomic E-state index is -0.745. The second kappa shape index (κ2) is 18.0. The van der Waals surface area contributed by atoms with E-state index >= 15 is 0 Å². The number of aromatic nitrogens is 4. The van der Waals surface area contributed by atoms with Gasteiger partial charge in [0.05, 0.1) is 50.1 Å². The third kappa shape index (κ3) is 8.58. The first kappa shape index (κ1) is 43.0. The predicted octanol–water partition coefficient (Wildman–Crippen LogP) is 8.92. The summed E-state index contributed by atoms with van der Waals surface area (Å²) in [6.45, 7) is 9.96. The Hall–Kier alpha value is -6.70. The number of amides is 4. The highest BCUT2D eigenvalue weighted by molar-refractivity contribution is 5.94. The minimum Gasteiger partial charge on any atom is -0.453 e. The molecule has 1 saturated carbocycles. The number of hydrogen-bond acceptors (Lipinski definition) is 8. The summed E-state index contributed by atoms with van der Waals surface area (Å²) in [6, 6.07) is 23.9. The molecule has 2 fully saturated rings. The van der Waals surface area contributed by atoms with Crippen molar-refractivity contribution in [3.8, 4) is 33.6 Å². The number of carbonyl (C=O) groups excluding carboxylic acids is 4. The Bertz CT molecular complexity index is 2670. The molecule has 6 unspecified atom stereocenters. The summed E-state index contributed by atoms with van der Waals surface area (Å²) < 4.78 is 9.52. The van der Waals surface area contributed by atoms with Gasteiger partial charge in [-0.2, -0.15) is 0 Å². The molecule has 3 heterocycles. The number of likely N-dealkylation sites (tertiary alicyclic amines) is 1. The molecule has 4 amide bonds. The second-order valence-electron chi connectivity index (χ2n) is 17.3. The summed E-state index contributed by atoms with van der Waals surface area (Å²) in [5.74, 6) is 1.34. The van der Waals surface area contributed by atoms with Crippen LogP contribution in [0.1, 0.15) is 84.0 Å². The zero-order chi connectivity index (χ0) is 44.5. The highest BCUT2D eigenvalue weighted by atomic mass is 16.5. The first-order chi connectivity index (χ1) is 30.4. The lowest BCUT2D eigenvalue weighted by atomic mass is 9.95. The van der Waals surface area contributed by atoms with E-state index in [1.165, 1.54) is 14.2 Å². The average Bonchev–Trinajstić information content (AvgIpc) is 4.14. The number of alkyl carbamates (subject to hydrolysis) is 2. The molecule has 14 nitrogen and oxygen atoms in total. The molecule has 6 atom stereocenters. The van der Waals surface area contributed by atoms with E-state index in [-0.39, 0.29) is 35.9 Å². The molecule has 6 aromatic rings. The Morgan fingerprint density at radius 1 is 0.746 bits per heavy atom. The molecule has 14 heteroatoms. The van der Waals surface area contributed by atoms with Crippen LogP contribution in [0.2, 0.25) is 0 Å². The summed E-state index contributed by atoms with van der Waals surface area (Å²) in [5, 5.41) is 9.75. The number of H-pyrrole nitrogens is 2. The number of nitrogens with zero attached hydrogens (tertiary/aromatic N) is 4. The van der Waals surface area contributed by atoms with Crippen molar-refractivity contribution < 1.29 is 28.7 Å². The average molecular weight is 853 g/mol. The largest absolute Gasteiger partial charge is 0.453 e. The Morgan fingerprint density at radius 3 is 1.86 bits per heavy atom. The molecular formula is C49H56N8O6. The number of rotatable bonds is 13. The topological polar surface area (TPSA) is 175 Å². The zero-order valence-electron chi connectivity index (χ0n) is 36.9. The van der Waals surface area contributed by atoms with Crippen LogP contribution < -0.4 is 10.6 Å². The number of nitrogens with one attached hydrogen (secondary N) is 4. The summed E-state index contributed by atoms with van der Waals surface area (Å²) in [6.07, 6.45) is 6.07. The van der Waals surface area contributed by atoms with Gasteiger partial charge in [-0.25, -0.2) is 19.6 Å². The van der Waals surface area contributed by atoms with Crippen molar-refractivity contribution in [2.45, 2.75) is 90.5 Å². The fourth-order valence-corrected chi connectivity index (χ4v) is 9.46. The van der Waals surface area contributed by atoms with Crippen molar-refractivity contribution in [3.63, 3.8) is 0 Å². The quantitative estimate of drug-likeness (QED) is 0.0891. The molecule has 328 valence electrons. The van der Waals surface area contributed by atoms with Crippen LogP contribution >= 0.6 is 0 Å². The van der Waals surface area contributed by atoms with Gasteiger partial charge in [0, 0.05) is 23.7 Å². The fraction of sp³-hybridized carbons (Fsp3) is 0.388. The van der Waals surface area contributed by atoms with Crippen LogP contribution in [0.5, 0.6) is 0 Å². The van der Waals surface area contributed by atoms with E-state index in [1.807, 2.05) is 38.8 Å². The van der Waals surface area contributed by atoms with Crippen molar-refractivity contribution in [3.05, 3.63) is 96.8 Å². The second-order valence-corrected chi connectivity index (χ2v) is 17.3. The van der Waals surface area contributed by atoms with Gasteiger partial charge >= 0.3 is 12.2 Å². The number of carbonyl (C=O) groups is 4. The molecule has 1 aliphatic carbocycles. The third-order valence-corrected chi connectivity index (χ3v) is 12.8. The van der Waals surface area contributed by atoms with Crippen molar-refractivity contribution in [1.82, 2.24) is 40.4 Å². The summed E-state index contributed by atoms with van der Waals surface area (Å²) >= 11 is 0. The summed E-state index contributed by atoms with van der Waals surface area (Å²) in [7, 11) is 2.58. The van der Waals surface area contributed by atoms with Gasteiger partial charge in [0.25, 0.3) is 0 Å². The molecule has 2 aromatic heterocycles. The molecule has 0 spiro atoms. The maximum Gasteiger partial charge on any atom is 0.407 e. The summed E-state index contributed by atoms with van der Waals surface area (Å²) in [5.41, 5.74) is 5.96. The Morgan fingerprint density at radius 2 is 1.29 bits per heavy atom. The van der Waals surface area contributed by atoms with Gasteiger partial charge in [-0.15, -0.1) is 0 Å². The van der Waals surface area contributed by atoms with E-state index in [1.54, 1.807) is 18.0 Å². The van der Waals surface area contributed by atoms with E-state index in [0.29, 0.717) is 18.3 Å². The van der Waals surface area contributed by atoms with Crippen molar-refractivity contribution in [2.24, 2.45) is 11.8 Å². The molecule has 4 N–H and O–H groups in total. The number of fused-ring (bicyclic) bond motifs is 4. The standard InChI is InChI=1S/C49H56N8O6/c1-8-19-56(46(58)28(4)52-48(60)62-6)29(5)44-50-25-40(53-44)36-15-13-32-20-30(9-11-34(32)22-36)31-10-12-35-23-37(16-14-33(35)21-31)41-26-51-45(54-41)43-38-17-18-39(24-38)57(43)47(59)42(27(2)3)55-49(61)63-7/h9-16,20-23,25-29,38-39,42-43H,8,17-19,24H2,1-7H3,(H,50,53)(H,51,54)(H,52,60)(H,55,61). The molecule has 8 rings (SSSR count). The minimum absolute atomic E-state index is 0.0909. The van der Waals surface area contributed by atoms with Gasteiger partial charge < -0.3 is 39.9 Å². The van der Waals surface area contributed by atoms with Crippen LogP contribution in [-0.2, 0) is 19.1 Å². The van der Waals surface area contributed by atoms with Gasteiger partial charge in [0.1, 0.15) is 23.7 Å². The van der Waals surface area contributed by atoms with Gasteiger partial charge in [0.2, 0.25) is 11.8 Å². The number of imidazole rings is 2. The molecule has 1 saturated heterocycles. The van der Waals surface area contributed by atoms with E-state index < -0.39 is 24.3 Å². The molecule has 4 aromatic carbocycles. The molecule has 0 radical (unpaired) electrons. The number of hydrogen-bond donors (Lipinski definition) is 4. The monoisotopic (exact) mass is 852 g/mol. The Kier molecular flexibility index (Phi) is 12.2. The van der Waals surface area contributed by atoms with Crippen LogP contribution in [0.25, 0.3) is 55.2 Å². The maximum absolute atomic E-state index is 14.0. The van der Waals surface area contributed by atoms with E-state index in [9.17, 15) is 19.2 Å². The highest BCUT2D eigenvalue weighted by Gasteiger charge is 2.51.